The molecule has 2 bridgehead atoms. The molecule has 3 saturated heterocycles. The zero-order chi connectivity index (χ0) is 17.3. The van der Waals surface area contributed by atoms with Gasteiger partial charge < -0.3 is 4.90 Å². The van der Waals surface area contributed by atoms with E-state index in [1.165, 1.54) is 6.92 Å². The van der Waals surface area contributed by atoms with Gasteiger partial charge in [0.15, 0.2) is 5.78 Å². The Morgan fingerprint density at radius 2 is 2.29 bits per heavy atom. The predicted octanol–water partition coefficient (Wildman–Crippen LogP) is 0.835. The number of nitrogens with zero attached hydrogens (tertiary/aromatic N) is 5. The average Bonchev–Trinajstić information content (AvgIpc) is 3.04. The third kappa shape index (κ3) is 3.26. The Bertz CT molecular complexity index is 641. The maximum atomic E-state index is 12.6. The molecular formula is C17H25N5O2. The molecule has 1 aromatic rings. The Balaban J connectivity index is 1.63. The maximum absolute atomic E-state index is 12.6. The van der Waals surface area contributed by atoms with Crippen molar-refractivity contribution in [1.29, 1.82) is 0 Å². The number of piperidine rings is 3. The van der Waals surface area contributed by atoms with E-state index in [0.29, 0.717) is 24.2 Å². The Kier molecular flexibility index (Phi) is 4.80. The van der Waals surface area contributed by atoms with Crippen LogP contribution in [0.2, 0.25) is 0 Å². The van der Waals surface area contributed by atoms with Gasteiger partial charge in [0.25, 0.3) is 0 Å². The first kappa shape index (κ1) is 16.8. The summed E-state index contributed by atoms with van der Waals surface area (Å²) in [4.78, 5) is 28.1. The second-order valence-electron chi connectivity index (χ2n) is 6.93. The van der Waals surface area contributed by atoms with Crippen LogP contribution >= 0.6 is 0 Å². The molecule has 0 aromatic carbocycles. The fraction of sp³-hybridized carbons (Fsp3) is 0.647. The maximum Gasteiger partial charge on any atom is 0.227 e. The van der Waals surface area contributed by atoms with E-state index in [4.69, 9.17) is 0 Å². The fourth-order valence-electron chi connectivity index (χ4n) is 3.94. The van der Waals surface area contributed by atoms with Crippen LogP contribution in [0.25, 0.3) is 0 Å². The molecule has 1 amide bonds. The van der Waals surface area contributed by atoms with E-state index >= 15 is 0 Å². The van der Waals surface area contributed by atoms with Crippen LogP contribution in [0.1, 0.15) is 30.3 Å². The number of aromatic nitrogens is 3. The highest BCUT2D eigenvalue weighted by Crippen LogP contribution is 2.37. The van der Waals surface area contributed by atoms with Gasteiger partial charge in [-0.2, -0.15) is 0 Å². The summed E-state index contributed by atoms with van der Waals surface area (Å²) in [7, 11) is 1.85. The molecular weight excluding hydrogens is 306 g/mol. The van der Waals surface area contributed by atoms with Crippen LogP contribution in [0, 0.1) is 11.8 Å². The average molecular weight is 331 g/mol. The van der Waals surface area contributed by atoms with Gasteiger partial charge in [0.1, 0.15) is 5.69 Å². The number of hydrogen-bond donors (Lipinski definition) is 0. The summed E-state index contributed by atoms with van der Waals surface area (Å²) >= 11 is 0. The first-order valence-corrected chi connectivity index (χ1v) is 8.50. The number of carbonyl (C=O) groups is 2. The van der Waals surface area contributed by atoms with Crippen molar-refractivity contribution in [1.82, 2.24) is 24.8 Å². The van der Waals surface area contributed by atoms with Crippen molar-refractivity contribution >= 4 is 11.7 Å². The van der Waals surface area contributed by atoms with E-state index in [2.05, 4.69) is 21.8 Å². The molecule has 0 spiro atoms. The summed E-state index contributed by atoms with van der Waals surface area (Å²) in [6.45, 7) is 8.36. The number of likely N-dealkylation sites (N-methyl/N-ethyl adjacent to an activating group) is 1. The van der Waals surface area contributed by atoms with Gasteiger partial charge in [-0.05, 0) is 25.3 Å². The molecule has 0 radical (unpaired) electrons. The van der Waals surface area contributed by atoms with Gasteiger partial charge in [0.05, 0.1) is 18.7 Å². The van der Waals surface area contributed by atoms with Crippen molar-refractivity contribution in [2.45, 2.75) is 32.4 Å². The lowest BCUT2D eigenvalue weighted by molar-refractivity contribution is -0.142. The molecule has 4 atom stereocenters. The van der Waals surface area contributed by atoms with Crippen molar-refractivity contribution in [2.24, 2.45) is 11.8 Å². The molecule has 4 heterocycles. The second kappa shape index (κ2) is 6.84. The topological polar surface area (TPSA) is 71.3 Å². The fourth-order valence-corrected chi connectivity index (χ4v) is 3.94. The number of Topliss-reactive ketones (excluding diaryl/α,β-unsaturated/α-hetero) is 1. The van der Waals surface area contributed by atoms with Crippen LogP contribution in [-0.2, 0) is 11.3 Å². The quantitative estimate of drug-likeness (QED) is 0.570. The molecule has 24 heavy (non-hydrogen) atoms. The minimum atomic E-state index is -0.0670. The van der Waals surface area contributed by atoms with E-state index in [9.17, 15) is 9.59 Å². The van der Waals surface area contributed by atoms with Crippen molar-refractivity contribution < 1.29 is 9.59 Å². The Morgan fingerprint density at radius 3 is 2.88 bits per heavy atom. The monoisotopic (exact) mass is 331 g/mol. The molecule has 3 aliphatic heterocycles. The summed E-state index contributed by atoms with van der Waals surface area (Å²) in [6.07, 6.45) is 5.55. The summed E-state index contributed by atoms with van der Waals surface area (Å²) in [5.41, 5.74) is 0.407. The Morgan fingerprint density at radius 1 is 1.50 bits per heavy atom. The number of rotatable bonds is 6. The van der Waals surface area contributed by atoms with Crippen LogP contribution < -0.4 is 0 Å². The first-order chi connectivity index (χ1) is 11.5. The highest BCUT2D eigenvalue weighted by molar-refractivity contribution is 5.91. The van der Waals surface area contributed by atoms with Crippen LogP contribution in [0.15, 0.2) is 18.9 Å². The molecule has 0 saturated carbocycles. The Labute approximate surface area is 142 Å². The molecule has 4 unspecified atom stereocenters. The smallest absolute Gasteiger partial charge is 0.227 e. The van der Waals surface area contributed by atoms with Crippen LogP contribution in [-0.4, -0.2) is 69.2 Å². The second-order valence-corrected chi connectivity index (χ2v) is 6.93. The molecule has 0 N–H and O–H groups in total. The van der Waals surface area contributed by atoms with Gasteiger partial charge >= 0.3 is 0 Å². The molecule has 3 fully saturated rings. The molecule has 1 aromatic heterocycles. The number of fused-ring (bicyclic) bond motifs is 3. The normalized spacial score (nSPS) is 28.6. The van der Waals surface area contributed by atoms with E-state index in [-0.39, 0.29) is 17.6 Å². The first-order valence-electron chi connectivity index (χ1n) is 8.50. The molecule has 4 rings (SSSR count). The lowest BCUT2D eigenvalue weighted by atomic mass is 9.75. The van der Waals surface area contributed by atoms with Gasteiger partial charge in [0, 0.05) is 33.1 Å². The summed E-state index contributed by atoms with van der Waals surface area (Å²) in [5.74, 6) is 0.671. The molecule has 7 nitrogen and oxygen atoms in total. The highest BCUT2D eigenvalue weighted by Gasteiger charge is 2.43. The van der Waals surface area contributed by atoms with Crippen molar-refractivity contribution in [3.63, 3.8) is 0 Å². The highest BCUT2D eigenvalue weighted by atomic mass is 16.2. The van der Waals surface area contributed by atoms with Crippen molar-refractivity contribution in [2.75, 3.05) is 26.7 Å². The van der Waals surface area contributed by atoms with Crippen LogP contribution in [0.5, 0.6) is 0 Å². The number of amides is 1. The van der Waals surface area contributed by atoms with Gasteiger partial charge in [-0.15, -0.1) is 11.7 Å². The van der Waals surface area contributed by atoms with Crippen LogP contribution in [0.4, 0.5) is 0 Å². The lowest BCUT2D eigenvalue weighted by Crippen LogP contribution is -2.58. The summed E-state index contributed by atoms with van der Waals surface area (Å²) in [6, 6.07) is 0.360. The molecule has 130 valence electrons. The lowest BCUT2D eigenvalue weighted by Gasteiger charge is -2.49. The van der Waals surface area contributed by atoms with E-state index < -0.39 is 0 Å². The van der Waals surface area contributed by atoms with Gasteiger partial charge in [-0.3, -0.25) is 19.2 Å². The standard InChI is InChI=1S/C17H25N5O2/c1-4-6-20(3)17(24)15-10-21-7-5-13(15)8-14(21)9-22-11-16(12(2)23)18-19-22/h4,11,13-15H,1,5-10H2,2-3H3. The third-order valence-corrected chi connectivity index (χ3v) is 5.27. The van der Waals surface area contributed by atoms with Gasteiger partial charge in [0.2, 0.25) is 5.91 Å². The summed E-state index contributed by atoms with van der Waals surface area (Å²) < 4.78 is 1.75. The largest absolute Gasteiger partial charge is 0.342 e. The van der Waals surface area contributed by atoms with E-state index in [1.54, 1.807) is 21.9 Å². The van der Waals surface area contributed by atoms with Crippen molar-refractivity contribution in [3.8, 4) is 0 Å². The minimum Gasteiger partial charge on any atom is -0.342 e. The number of carbonyl (C=O) groups excluding carboxylic acids is 2. The predicted molar refractivity (Wildman–Crippen MR) is 89.4 cm³/mol. The van der Waals surface area contributed by atoms with Crippen LogP contribution in [0.3, 0.4) is 0 Å². The zero-order valence-electron chi connectivity index (χ0n) is 14.4. The van der Waals surface area contributed by atoms with Gasteiger partial charge in [-0.25, -0.2) is 0 Å². The Hall–Kier alpha value is -2.02. The zero-order valence-corrected chi connectivity index (χ0v) is 14.4. The number of ketones is 1. The molecule has 3 aliphatic rings. The van der Waals surface area contributed by atoms with Gasteiger partial charge in [-0.1, -0.05) is 11.3 Å². The minimum absolute atomic E-state index is 0.0670. The summed E-state index contributed by atoms with van der Waals surface area (Å²) in [5, 5.41) is 7.96. The van der Waals surface area contributed by atoms with E-state index in [1.807, 2.05) is 7.05 Å². The van der Waals surface area contributed by atoms with Crippen molar-refractivity contribution in [3.05, 3.63) is 24.5 Å². The third-order valence-electron chi connectivity index (χ3n) is 5.27. The molecule has 7 heteroatoms. The number of hydrogen-bond acceptors (Lipinski definition) is 5. The van der Waals surface area contributed by atoms with E-state index in [0.717, 1.165) is 32.5 Å². The molecule has 0 aliphatic carbocycles. The SMILES string of the molecule is C=CCN(C)C(=O)C1CN2CCC1CC2Cn1cc(C(C)=O)nn1.